The molecule has 0 aliphatic rings. The molecule has 0 saturated heterocycles. The molecule has 2 aromatic carbocycles. The van der Waals surface area contributed by atoms with Crippen LogP contribution in [-0.4, -0.2) is 50.2 Å². The van der Waals surface area contributed by atoms with Gasteiger partial charge in [0.2, 0.25) is 11.5 Å². The largest absolute Gasteiger partial charge is 0.493 e. The molecule has 12 heteroatoms. The van der Waals surface area contributed by atoms with E-state index in [0.717, 1.165) is 0 Å². The maximum Gasteiger partial charge on any atom is 0.327 e. The van der Waals surface area contributed by atoms with E-state index in [9.17, 15) is 25.0 Å². The van der Waals surface area contributed by atoms with Crippen LogP contribution in [0.25, 0.3) is 0 Å². The van der Waals surface area contributed by atoms with Crippen LogP contribution in [0.15, 0.2) is 30.3 Å². The predicted molar refractivity (Wildman–Crippen MR) is 107 cm³/mol. The van der Waals surface area contributed by atoms with Gasteiger partial charge in [0.15, 0.2) is 5.75 Å². The van der Waals surface area contributed by atoms with Gasteiger partial charge in [-0.25, -0.2) is 0 Å². The molecule has 0 atom stereocenters. The van der Waals surface area contributed by atoms with Gasteiger partial charge in [-0.15, -0.1) is 0 Å². The van der Waals surface area contributed by atoms with Gasteiger partial charge in [0, 0.05) is 37.0 Å². The number of methoxy groups -OCH3 is 3. The summed E-state index contributed by atoms with van der Waals surface area (Å²) in [6.07, 6.45) is 0. The Balaban J connectivity index is 2.12. The number of nitro groups is 2. The Morgan fingerprint density at radius 2 is 1.57 bits per heavy atom. The van der Waals surface area contributed by atoms with Crippen molar-refractivity contribution in [3.63, 3.8) is 0 Å². The number of hydrogen-bond donors (Lipinski definition) is 2. The fraction of sp³-hybridized carbons (Fsp3) is 0.278. The molecule has 0 aliphatic heterocycles. The molecule has 30 heavy (non-hydrogen) atoms. The van der Waals surface area contributed by atoms with Crippen molar-refractivity contribution < 1.29 is 28.9 Å². The molecule has 0 saturated carbocycles. The zero-order valence-corrected chi connectivity index (χ0v) is 16.5. The molecule has 0 fully saturated rings. The minimum absolute atomic E-state index is 0.00286. The summed E-state index contributed by atoms with van der Waals surface area (Å²) in [5.41, 5.74) is -0.210. The SMILES string of the molecule is COc1cc(C(=O)NCCNc2ccc([N+](=O)[O-])cc2)c([N+](=O)[O-])c(OC)c1OC. The van der Waals surface area contributed by atoms with Crippen LogP contribution in [0, 0.1) is 20.2 Å². The van der Waals surface area contributed by atoms with Crippen molar-refractivity contribution in [2.75, 3.05) is 39.7 Å². The van der Waals surface area contributed by atoms with Crippen LogP contribution in [0.3, 0.4) is 0 Å². The summed E-state index contributed by atoms with van der Waals surface area (Å²) in [5.74, 6) is -0.820. The average molecular weight is 420 g/mol. The lowest BCUT2D eigenvalue weighted by Gasteiger charge is -2.15. The fourth-order valence-corrected chi connectivity index (χ4v) is 2.67. The summed E-state index contributed by atoms with van der Waals surface area (Å²) in [5, 5.41) is 27.8. The number of carbonyl (C=O) groups is 1. The lowest BCUT2D eigenvalue weighted by atomic mass is 10.1. The highest BCUT2D eigenvalue weighted by molar-refractivity contribution is 6.00. The maximum atomic E-state index is 12.6. The topological polar surface area (TPSA) is 155 Å². The standard InChI is InChI=1S/C18H20N4O8/c1-28-14-10-13(15(22(26)27)17(30-3)16(14)29-2)18(23)20-9-8-19-11-4-6-12(7-5-11)21(24)25/h4-7,10,19H,8-9H2,1-3H3,(H,20,23). The smallest absolute Gasteiger partial charge is 0.327 e. The molecule has 160 valence electrons. The van der Waals surface area contributed by atoms with Gasteiger partial charge in [-0.05, 0) is 12.1 Å². The van der Waals surface area contributed by atoms with Crippen LogP contribution in [0.4, 0.5) is 17.1 Å². The lowest BCUT2D eigenvalue weighted by molar-refractivity contribution is -0.386. The van der Waals surface area contributed by atoms with Crippen LogP contribution in [0.5, 0.6) is 17.2 Å². The van der Waals surface area contributed by atoms with Crippen molar-refractivity contribution >= 4 is 23.0 Å². The van der Waals surface area contributed by atoms with Gasteiger partial charge in [0.25, 0.3) is 11.6 Å². The summed E-state index contributed by atoms with van der Waals surface area (Å²) in [6, 6.07) is 6.97. The number of benzene rings is 2. The maximum absolute atomic E-state index is 12.6. The summed E-state index contributed by atoms with van der Waals surface area (Å²) < 4.78 is 15.3. The number of amides is 1. The number of nitrogens with zero attached hydrogens (tertiary/aromatic N) is 2. The van der Waals surface area contributed by atoms with Crippen molar-refractivity contribution in [3.8, 4) is 17.2 Å². The van der Waals surface area contributed by atoms with Gasteiger partial charge in [-0.3, -0.25) is 25.0 Å². The first-order valence-electron chi connectivity index (χ1n) is 8.57. The van der Waals surface area contributed by atoms with Crippen LogP contribution in [0.2, 0.25) is 0 Å². The number of nitro benzene ring substituents is 2. The normalized spacial score (nSPS) is 10.1. The first-order chi connectivity index (χ1) is 14.3. The van der Waals surface area contributed by atoms with E-state index in [1.807, 2.05) is 0 Å². The highest BCUT2D eigenvalue weighted by Crippen LogP contribution is 2.46. The quantitative estimate of drug-likeness (QED) is 0.335. The first kappa shape index (κ1) is 22.2. The molecule has 2 rings (SSSR count). The van der Waals surface area contributed by atoms with E-state index < -0.39 is 21.4 Å². The number of rotatable bonds is 10. The van der Waals surface area contributed by atoms with E-state index in [1.165, 1.54) is 51.7 Å². The molecular weight excluding hydrogens is 400 g/mol. The third-order valence-corrected chi connectivity index (χ3v) is 4.05. The monoisotopic (exact) mass is 420 g/mol. The van der Waals surface area contributed by atoms with Gasteiger partial charge in [-0.1, -0.05) is 0 Å². The Kier molecular flexibility index (Phi) is 7.33. The zero-order valence-electron chi connectivity index (χ0n) is 16.5. The Labute approximate surface area is 171 Å². The molecular formula is C18H20N4O8. The van der Waals surface area contributed by atoms with E-state index >= 15 is 0 Å². The highest BCUT2D eigenvalue weighted by Gasteiger charge is 2.32. The highest BCUT2D eigenvalue weighted by atomic mass is 16.6. The second-order valence-electron chi connectivity index (χ2n) is 5.79. The van der Waals surface area contributed by atoms with Crippen LogP contribution < -0.4 is 24.8 Å². The molecule has 0 bridgehead atoms. The molecule has 0 aromatic heterocycles. The molecule has 0 heterocycles. The fourth-order valence-electron chi connectivity index (χ4n) is 2.67. The minimum Gasteiger partial charge on any atom is -0.493 e. The average Bonchev–Trinajstić information content (AvgIpc) is 2.74. The first-order valence-corrected chi connectivity index (χ1v) is 8.57. The van der Waals surface area contributed by atoms with Crippen molar-refractivity contribution in [1.29, 1.82) is 0 Å². The summed E-state index contributed by atoms with van der Waals surface area (Å²) in [4.78, 5) is 33.5. The molecule has 0 unspecified atom stereocenters. The molecule has 2 aromatic rings. The van der Waals surface area contributed by atoms with Gasteiger partial charge in [-0.2, -0.15) is 0 Å². The van der Waals surface area contributed by atoms with Crippen molar-refractivity contribution in [2.45, 2.75) is 0 Å². The van der Waals surface area contributed by atoms with Gasteiger partial charge in [0.05, 0.1) is 31.2 Å². The molecule has 1 amide bonds. The van der Waals surface area contributed by atoms with Crippen LogP contribution in [-0.2, 0) is 0 Å². The predicted octanol–water partition coefficient (Wildman–Crippen LogP) is 2.37. The van der Waals surface area contributed by atoms with Crippen molar-refractivity contribution in [3.05, 3.63) is 56.1 Å². The second-order valence-corrected chi connectivity index (χ2v) is 5.79. The third kappa shape index (κ3) is 4.84. The zero-order chi connectivity index (χ0) is 22.3. The minimum atomic E-state index is -0.731. The Morgan fingerprint density at radius 1 is 0.933 bits per heavy atom. The Hall–Kier alpha value is -4.09. The van der Waals surface area contributed by atoms with Crippen LogP contribution >= 0.6 is 0 Å². The Bertz CT molecular complexity index is 946. The Morgan fingerprint density at radius 3 is 2.07 bits per heavy atom. The number of carbonyl (C=O) groups excluding carboxylic acids is 1. The third-order valence-electron chi connectivity index (χ3n) is 4.05. The number of nitrogens with one attached hydrogen (secondary N) is 2. The van der Waals surface area contributed by atoms with Gasteiger partial charge < -0.3 is 24.8 Å². The number of ether oxygens (including phenoxy) is 3. The summed E-state index contributed by atoms with van der Waals surface area (Å²) in [6.45, 7) is 0.408. The number of non-ortho nitro benzene ring substituents is 1. The van der Waals surface area contributed by atoms with E-state index in [0.29, 0.717) is 5.69 Å². The number of anilines is 1. The molecule has 0 spiro atoms. The van der Waals surface area contributed by atoms with E-state index in [1.54, 1.807) is 0 Å². The summed E-state index contributed by atoms with van der Waals surface area (Å²) >= 11 is 0. The van der Waals surface area contributed by atoms with E-state index in [2.05, 4.69) is 10.6 Å². The number of hydrogen-bond acceptors (Lipinski definition) is 9. The molecule has 0 radical (unpaired) electrons. The summed E-state index contributed by atoms with van der Waals surface area (Å²) in [7, 11) is 3.85. The van der Waals surface area contributed by atoms with Gasteiger partial charge in [0.1, 0.15) is 5.56 Å². The van der Waals surface area contributed by atoms with Gasteiger partial charge >= 0.3 is 5.69 Å². The van der Waals surface area contributed by atoms with E-state index in [-0.39, 0.29) is 41.6 Å². The molecule has 2 N–H and O–H groups in total. The molecule has 0 aliphatic carbocycles. The van der Waals surface area contributed by atoms with Crippen molar-refractivity contribution in [1.82, 2.24) is 5.32 Å². The molecule has 12 nitrogen and oxygen atoms in total. The van der Waals surface area contributed by atoms with Crippen LogP contribution in [0.1, 0.15) is 10.4 Å². The second kappa shape index (κ2) is 9.91. The van der Waals surface area contributed by atoms with Crippen molar-refractivity contribution in [2.24, 2.45) is 0 Å². The van der Waals surface area contributed by atoms with E-state index in [4.69, 9.17) is 14.2 Å². The lowest BCUT2D eigenvalue weighted by Crippen LogP contribution is -2.29.